The van der Waals surface area contributed by atoms with Gasteiger partial charge in [0.1, 0.15) is 0 Å². The number of hydrogen-bond donors (Lipinski definition) is 0. The third-order valence-corrected chi connectivity index (χ3v) is 2.36. The van der Waals surface area contributed by atoms with Gasteiger partial charge in [0.2, 0.25) is 5.79 Å². The van der Waals surface area contributed by atoms with Crippen molar-refractivity contribution in [2.75, 3.05) is 14.2 Å². The minimum absolute atomic E-state index is 0.109. The summed E-state index contributed by atoms with van der Waals surface area (Å²) in [7, 11) is 3.06. The molecule has 11 heavy (non-hydrogen) atoms. The summed E-state index contributed by atoms with van der Waals surface area (Å²) in [6.45, 7) is 3.87. The van der Waals surface area contributed by atoms with Crippen LogP contribution < -0.4 is 0 Å². The number of halogens is 2. The highest BCUT2D eigenvalue weighted by Gasteiger charge is 2.40. The van der Waals surface area contributed by atoms with Gasteiger partial charge >= 0.3 is 0 Å². The molecule has 4 heteroatoms. The first-order valence-corrected chi connectivity index (χ1v) is 4.27. The van der Waals surface area contributed by atoms with Crippen molar-refractivity contribution in [3.8, 4) is 0 Å². The summed E-state index contributed by atoms with van der Waals surface area (Å²) < 4.78 is 10.2. The zero-order valence-electron chi connectivity index (χ0n) is 7.23. The van der Waals surface area contributed by atoms with Gasteiger partial charge in [0.25, 0.3) is 0 Å². The number of methoxy groups -OCH3 is 2. The SMILES string of the molecule is COC(OC)(C(C)C)C(Cl)Cl. The van der Waals surface area contributed by atoms with Crippen molar-refractivity contribution < 1.29 is 9.47 Å². The molecule has 68 valence electrons. The molecule has 2 nitrogen and oxygen atoms in total. The minimum atomic E-state index is -0.886. The van der Waals surface area contributed by atoms with Crippen LogP contribution >= 0.6 is 23.2 Å². The lowest BCUT2D eigenvalue weighted by molar-refractivity contribution is -0.223. The monoisotopic (exact) mass is 200 g/mol. The van der Waals surface area contributed by atoms with Crippen molar-refractivity contribution in [1.29, 1.82) is 0 Å². The van der Waals surface area contributed by atoms with Crippen LogP contribution in [0.4, 0.5) is 0 Å². The van der Waals surface area contributed by atoms with E-state index in [4.69, 9.17) is 32.7 Å². The molecule has 0 unspecified atom stereocenters. The Kier molecular flexibility index (Phi) is 4.71. The van der Waals surface area contributed by atoms with Crippen LogP contribution in [0.1, 0.15) is 13.8 Å². The molecule has 0 atom stereocenters. The van der Waals surface area contributed by atoms with Gasteiger partial charge in [-0.1, -0.05) is 37.0 Å². The molecule has 0 heterocycles. The summed E-state index contributed by atoms with van der Waals surface area (Å²) in [5, 5.41) is 0. The minimum Gasteiger partial charge on any atom is -0.351 e. The second-order valence-electron chi connectivity index (χ2n) is 2.59. The fourth-order valence-corrected chi connectivity index (χ4v) is 1.85. The first-order valence-electron chi connectivity index (χ1n) is 3.39. The molecule has 0 amide bonds. The van der Waals surface area contributed by atoms with E-state index < -0.39 is 10.6 Å². The van der Waals surface area contributed by atoms with Gasteiger partial charge in [-0.2, -0.15) is 0 Å². The van der Waals surface area contributed by atoms with Gasteiger partial charge in [-0.05, 0) is 0 Å². The highest BCUT2D eigenvalue weighted by Crippen LogP contribution is 2.31. The second kappa shape index (κ2) is 4.51. The molecule has 0 aromatic heterocycles. The maximum absolute atomic E-state index is 5.71. The Bertz CT molecular complexity index is 101. The van der Waals surface area contributed by atoms with Crippen LogP contribution in [0.15, 0.2) is 0 Å². The molecule has 0 spiro atoms. The van der Waals surface area contributed by atoms with Crippen molar-refractivity contribution in [2.45, 2.75) is 24.5 Å². The standard InChI is InChI=1S/C7H14Cl2O2/c1-5(2)7(10-3,11-4)6(8)9/h5-6H,1-4H3. The average Bonchev–Trinajstić information content (AvgIpc) is 1.90. The molecule has 0 aliphatic heterocycles. The van der Waals surface area contributed by atoms with Crippen molar-refractivity contribution in [2.24, 2.45) is 5.92 Å². The molecule has 0 saturated carbocycles. The predicted octanol–water partition coefficient (Wildman–Crippen LogP) is 2.44. The molecule has 0 aromatic rings. The van der Waals surface area contributed by atoms with Crippen LogP contribution in [-0.4, -0.2) is 24.8 Å². The topological polar surface area (TPSA) is 18.5 Å². The molecule has 0 aliphatic rings. The first-order chi connectivity index (χ1) is 5.01. The Morgan fingerprint density at radius 1 is 1.09 bits per heavy atom. The highest BCUT2D eigenvalue weighted by atomic mass is 35.5. The predicted molar refractivity (Wildman–Crippen MR) is 47.1 cm³/mol. The second-order valence-corrected chi connectivity index (χ2v) is 3.68. The van der Waals surface area contributed by atoms with E-state index in [1.165, 1.54) is 14.2 Å². The largest absolute Gasteiger partial charge is 0.351 e. The summed E-state index contributed by atoms with van der Waals surface area (Å²) >= 11 is 11.4. The Morgan fingerprint density at radius 2 is 1.45 bits per heavy atom. The van der Waals surface area contributed by atoms with Crippen LogP contribution in [0.2, 0.25) is 0 Å². The smallest absolute Gasteiger partial charge is 0.200 e. The van der Waals surface area contributed by atoms with Crippen molar-refractivity contribution in [3.63, 3.8) is 0 Å². The van der Waals surface area contributed by atoms with Gasteiger partial charge in [0.05, 0.1) is 0 Å². The summed E-state index contributed by atoms with van der Waals surface area (Å²) in [6, 6.07) is 0. The Labute approximate surface area is 77.8 Å². The van der Waals surface area contributed by atoms with E-state index in [0.29, 0.717) is 0 Å². The quantitative estimate of drug-likeness (QED) is 0.513. The van der Waals surface area contributed by atoms with Crippen molar-refractivity contribution >= 4 is 23.2 Å². The van der Waals surface area contributed by atoms with Crippen molar-refractivity contribution in [1.82, 2.24) is 0 Å². The van der Waals surface area contributed by atoms with E-state index in [9.17, 15) is 0 Å². The molecular weight excluding hydrogens is 187 g/mol. The van der Waals surface area contributed by atoms with E-state index in [0.717, 1.165) is 0 Å². The van der Waals surface area contributed by atoms with Gasteiger partial charge in [-0.15, -0.1) is 0 Å². The van der Waals surface area contributed by atoms with E-state index in [1.54, 1.807) is 0 Å². The zero-order valence-corrected chi connectivity index (χ0v) is 8.74. The van der Waals surface area contributed by atoms with Crippen LogP contribution in [0.5, 0.6) is 0 Å². The van der Waals surface area contributed by atoms with Gasteiger partial charge in [-0.3, -0.25) is 0 Å². The van der Waals surface area contributed by atoms with Crippen LogP contribution in [0.3, 0.4) is 0 Å². The normalized spacial score (nSPS) is 13.1. The fraction of sp³-hybridized carbons (Fsp3) is 1.00. The van der Waals surface area contributed by atoms with Gasteiger partial charge < -0.3 is 9.47 Å². The first kappa shape index (κ1) is 11.5. The molecule has 0 aliphatic carbocycles. The average molecular weight is 201 g/mol. The van der Waals surface area contributed by atoms with E-state index >= 15 is 0 Å². The molecule has 0 radical (unpaired) electrons. The Balaban J connectivity index is 4.46. The Hall–Kier alpha value is 0.500. The third kappa shape index (κ3) is 2.22. The molecule has 0 rings (SSSR count). The fourth-order valence-electron chi connectivity index (χ4n) is 0.985. The third-order valence-electron chi connectivity index (χ3n) is 1.75. The summed E-state index contributed by atoms with van der Waals surface area (Å²) in [4.78, 5) is -0.683. The zero-order chi connectivity index (χ0) is 9.07. The molecule has 0 saturated heterocycles. The lowest BCUT2D eigenvalue weighted by Crippen LogP contribution is -2.45. The number of alkyl halides is 2. The van der Waals surface area contributed by atoms with Crippen LogP contribution in [0.25, 0.3) is 0 Å². The molecule has 0 N–H and O–H groups in total. The van der Waals surface area contributed by atoms with Crippen molar-refractivity contribution in [3.05, 3.63) is 0 Å². The lowest BCUT2D eigenvalue weighted by atomic mass is 10.1. The number of ether oxygens (including phenoxy) is 2. The van der Waals surface area contributed by atoms with E-state index in [1.807, 2.05) is 13.8 Å². The van der Waals surface area contributed by atoms with E-state index in [-0.39, 0.29) is 5.92 Å². The van der Waals surface area contributed by atoms with Crippen LogP contribution in [-0.2, 0) is 9.47 Å². The van der Waals surface area contributed by atoms with E-state index in [2.05, 4.69) is 0 Å². The van der Waals surface area contributed by atoms with Gasteiger partial charge in [0.15, 0.2) is 4.84 Å². The maximum Gasteiger partial charge on any atom is 0.200 e. The maximum atomic E-state index is 5.71. The molecule has 0 fully saturated rings. The highest BCUT2D eigenvalue weighted by molar-refractivity contribution is 6.45. The number of hydrogen-bond acceptors (Lipinski definition) is 2. The molecule has 0 bridgehead atoms. The van der Waals surface area contributed by atoms with Crippen LogP contribution in [0, 0.1) is 5.92 Å². The van der Waals surface area contributed by atoms with Gasteiger partial charge in [-0.25, -0.2) is 0 Å². The molecular formula is C7H14Cl2O2. The lowest BCUT2D eigenvalue weighted by Gasteiger charge is -2.35. The van der Waals surface area contributed by atoms with Gasteiger partial charge in [0, 0.05) is 20.1 Å². The number of rotatable bonds is 4. The summed E-state index contributed by atoms with van der Waals surface area (Å²) in [5.74, 6) is -0.777. The summed E-state index contributed by atoms with van der Waals surface area (Å²) in [6.07, 6.45) is 0. The molecule has 0 aromatic carbocycles. The summed E-state index contributed by atoms with van der Waals surface area (Å²) in [5.41, 5.74) is 0. The Morgan fingerprint density at radius 3 is 1.45 bits per heavy atom.